The lowest BCUT2D eigenvalue weighted by atomic mass is 10.1. The van der Waals surface area contributed by atoms with E-state index >= 15 is 0 Å². The Bertz CT molecular complexity index is 626. The van der Waals surface area contributed by atoms with E-state index in [4.69, 9.17) is 4.74 Å². The molecule has 0 spiro atoms. The van der Waals surface area contributed by atoms with Gasteiger partial charge in [0.05, 0.1) is 32.8 Å². The number of esters is 1. The maximum atomic E-state index is 12.7. The van der Waals surface area contributed by atoms with Crippen LogP contribution in [0.5, 0.6) is 0 Å². The number of methoxy groups -OCH3 is 1. The third-order valence-corrected chi connectivity index (χ3v) is 3.70. The van der Waals surface area contributed by atoms with Crippen LogP contribution in [-0.2, 0) is 19.1 Å². The van der Waals surface area contributed by atoms with E-state index in [1.165, 1.54) is 13.2 Å². The maximum absolute atomic E-state index is 12.7. The van der Waals surface area contributed by atoms with E-state index in [1.807, 2.05) is 0 Å². The molecule has 24 heavy (non-hydrogen) atoms. The third-order valence-electron chi connectivity index (χ3n) is 3.70. The lowest BCUT2D eigenvalue weighted by molar-refractivity contribution is -0.143. The monoisotopic (exact) mass is 332 g/mol. The van der Waals surface area contributed by atoms with Crippen molar-refractivity contribution >= 4 is 23.5 Å². The Morgan fingerprint density at radius 3 is 2.71 bits per heavy atom. The number of amides is 2. The van der Waals surface area contributed by atoms with Crippen LogP contribution in [0.1, 0.15) is 16.8 Å². The molecule has 0 radical (unpaired) electrons. The van der Waals surface area contributed by atoms with E-state index < -0.39 is 0 Å². The number of nitrogens with zero attached hydrogens (tertiary/aromatic N) is 1. The summed E-state index contributed by atoms with van der Waals surface area (Å²) in [6.45, 7) is 4.52. The molecule has 0 bridgehead atoms. The van der Waals surface area contributed by atoms with Gasteiger partial charge in [0.1, 0.15) is 0 Å². The molecule has 1 aliphatic rings. The summed E-state index contributed by atoms with van der Waals surface area (Å²) in [5.41, 5.74) is 1.05. The largest absolute Gasteiger partial charge is 0.469 e. The van der Waals surface area contributed by atoms with Crippen LogP contribution in [0.25, 0.3) is 0 Å². The van der Waals surface area contributed by atoms with Gasteiger partial charge >= 0.3 is 5.97 Å². The molecule has 2 amide bonds. The quantitative estimate of drug-likeness (QED) is 0.647. The topological polar surface area (TPSA) is 84.9 Å². The van der Waals surface area contributed by atoms with Gasteiger partial charge in [0, 0.05) is 17.8 Å². The van der Waals surface area contributed by atoms with E-state index in [0.29, 0.717) is 31.0 Å². The first-order valence-electron chi connectivity index (χ1n) is 7.54. The van der Waals surface area contributed by atoms with Crippen molar-refractivity contribution in [3.05, 3.63) is 42.5 Å². The number of nitrogens with one attached hydrogen (secondary N) is 1. The van der Waals surface area contributed by atoms with Gasteiger partial charge in [-0.1, -0.05) is 6.58 Å². The molecule has 7 heteroatoms. The van der Waals surface area contributed by atoms with Gasteiger partial charge in [0.15, 0.2) is 0 Å². The van der Waals surface area contributed by atoms with Crippen LogP contribution in [-0.4, -0.2) is 55.6 Å². The fraction of sp³-hybridized carbons (Fsp3) is 0.353. The molecule has 1 N–H and O–H groups in total. The van der Waals surface area contributed by atoms with Crippen molar-refractivity contribution in [2.75, 3.05) is 32.2 Å². The highest BCUT2D eigenvalue weighted by Gasteiger charge is 2.30. The van der Waals surface area contributed by atoms with Gasteiger partial charge < -0.3 is 19.7 Å². The smallest absolute Gasteiger partial charge is 0.307 e. The van der Waals surface area contributed by atoms with Gasteiger partial charge in [-0.2, -0.15) is 0 Å². The van der Waals surface area contributed by atoms with Crippen LogP contribution in [0.3, 0.4) is 0 Å². The van der Waals surface area contributed by atoms with Crippen molar-refractivity contribution in [3.8, 4) is 0 Å². The second-order valence-corrected chi connectivity index (χ2v) is 5.28. The number of hydrogen-bond donors (Lipinski definition) is 1. The molecule has 2 rings (SSSR count). The number of carbonyl (C=O) groups is 3. The average Bonchev–Trinajstić information content (AvgIpc) is 2.62. The molecule has 1 atom stereocenters. The van der Waals surface area contributed by atoms with Crippen LogP contribution in [0.4, 0.5) is 5.69 Å². The molecule has 1 unspecified atom stereocenters. The van der Waals surface area contributed by atoms with Crippen LogP contribution in [0.2, 0.25) is 0 Å². The second kappa shape index (κ2) is 8.26. The highest BCUT2D eigenvalue weighted by Crippen LogP contribution is 2.17. The molecular formula is C17H20N2O5. The number of carbonyl (C=O) groups excluding carboxylic acids is 3. The van der Waals surface area contributed by atoms with Crippen molar-refractivity contribution in [1.29, 1.82) is 0 Å². The minimum absolute atomic E-state index is 0.0930. The molecule has 1 saturated heterocycles. The summed E-state index contributed by atoms with van der Waals surface area (Å²) >= 11 is 0. The predicted molar refractivity (Wildman–Crippen MR) is 87.5 cm³/mol. The molecule has 1 aliphatic heterocycles. The molecular weight excluding hydrogens is 312 g/mol. The number of hydrogen-bond acceptors (Lipinski definition) is 5. The summed E-state index contributed by atoms with van der Waals surface area (Å²) in [5, 5.41) is 2.62. The molecule has 1 aromatic rings. The zero-order valence-electron chi connectivity index (χ0n) is 13.5. The number of morpholine rings is 1. The molecule has 0 saturated carbocycles. The number of rotatable bonds is 5. The standard InChI is InChI=1S/C17H20N2O5/c1-3-15(20)18-13-6-4-12(5-7-13)17(22)19-8-9-24-11-14(19)10-16(21)23-2/h3-7,14H,1,8-11H2,2H3,(H,18,20). The molecule has 7 nitrogen and oxygen atoms in total. The Labute approximate surface area is 140 Å². The van der Waals surface area contributed by atoms with Crippen molar-refractivity contribution < 1.29 is 23.9 Å². The summed E-state index contributed by atoms with van der Waals surface area (Å²) in [7, 11) is 1.31. The summed E-state index contributed by atoms with van der Waals surface area (Å²) in [5.74, 6) is -0.889. The van der Waals surface area contributed by atoms with Crippen molar-refractivity contribution in [2.24, 2.45) is 0 Å². The van der Waals surface area contributed by atoms with E-state index in [2.05, 4.69) is 16.6 Å². The fourth-order valence-electron chi connectivity index (χ4n) is 2.42. The molecule has 1 fully saturated rings. The van der Waals surface area contributed by atoms with E-state index in [-0.39, 0.29) is 30.2 Å². The fourth-order valence-corrected chi connectivity index (χ4v) is 2.42. The van der Waals surface area contributed by atoms with E-state index in [1.54, 1.807) is 29.2 Å². The average molecular weight is 332 g/mol. The van der Waals surface area contributed by atoms with Crippen LogP contribution < -0.4 is 5.32 Å². The maximum Gasteiger partial charge on any atom is 0.307 e. The van der Waals surface area contributed by atoms with Crippen molar-refractivity contribution in [1.82, 2.24) is 4.90 Å². The SMILES string of the molecule is C=CC(=O)Nc1ccc(C(=O)N2CCOCC2CC(=O)OC)cc1. The Balaban J connectivity index is 2.09. The zero-order valence-corrected chi connectivity index (χ0v) is 13.5. The van der Waals surface area contributed by atoms with Gasteiger partial charge in [0.2, 0.25) is 5.91 Å². The Morgan fingerprint density at radius 1 is 1.38 bits per heavy atom. The minimum atomic E-state index is -0.384. The summed E-state index contributed by atoms with van der Waals surface area (Å²) in [4.78, 5) is 37.1. The van der Waals surface area contributed by atoms with Crippen LogP contribution in [0.15, 0.2) is 36.9 Å². The molecule has 128 valence electrons. The summed E-state index contributed by atoms with van der Waals surface area (Å²) in [6.07, 6.45) is 1.26. The Kier molecular flexibility index (Phi) is 6.08. The van der Waals surface area contributed by atoms with E-state index in [9.17, 15) is 14.4 Å². The Morgan fingerprint density at radius 2 is 2.08 bits per heavy atom. The first-order valence-corrected chi connectivity index (χ1v) is 7.54. The number of ether oxygens (including phenoxy) is 2. The zero-order chi connectivity index (χ0) is 17.5. The predicted octanol–water partition coefficient (Wildman–Crippen LogP) is 1.22. The molecule has 0 aliphatic carbocycles. The number of anilines is 1. The molecule has 1 aromatic carbocycles. The van der Waals surface area contributed by atoms with Gasteiger partial charge in [-0.15, -0.1) is 0 Å². The van der Waals surface area contributed by atoms with Crippen LogP contribution in [0, 0.1) is 0 Å². The molecule has 0 aromatic heterocycles. The lowest BCUT2D eigenvalue weighted by Gasteiger charge is -2.35. The first-order chi connectivity index (χ1) is 11.5. The van der Waals surface area contributed by atoms with Crippen molar-refractivity contribution in [2.45, 2.75) is 12.5 Å². The van der Waals surface area contributed by atoms with Crippen molar-refractivity contribution in [3.63, 3.8) is 0 Å². The lowest BCUT2D eigenvalue weighted by Crippen LogP contribution is -2.49. The normalized spacial score (nSPS) is 17.0. The van der Waals surface area contributed by atoms with Gasteiger partial charge in [-0.3, -0.25) is 14.4 Å². The molecule has 1 heterocycles. The highest BCUT2D eigenvalue weighted by molar-refractivity contribution is 5.99. The Hall–Kier alpha value is -2.67. The highest BCUT2D eigenvalue weighted by atomic mass is 16.5. The van der Waals surface area contributed by atoms with Gasteiger partial charge in [-0.05, 0) is 30.3 Å². The van der Waals surface area contributed by atoms with Crippen LogP contribution >= 0.6 is 0 Å². The first kappa shape index (κ1) is 17.7. The third kappa shape index (κ3) is 4.42. The van der Waals surface area contributed by atoms with E-state index in [0.717, 1.165) is 0 Å². The second-order valence-electron chi connectivity index (χ2n) is 5.28. The minimum Gasteiger partial charge on any atom is -0.469 e. The summed E-state index contributed by atoms with van der Waals surface area (Å²) < 4.78 is 10.0. The summed E-state index contributed by atoms with van der Waals surface area (Å²) in [6, 6.07) is 6.20. The van der Waals surface area contributed by atoms with Gasteiger partial charge in [0.25, 0.3) is 5.91 Å². The van der Waals surface area contributed by atoms with Gasteiger partial charge in [-0.25, -0.2) is 0 Å². The number of benzene rings is 1.